The van der Waals surface area contributed by atoms with Crippen LogP contribution in [0.4, 0.5) is 14.7 Å². The molecule has 3 aromatic rings. The van der Waals surface area contributed by atoms with Gasteiger partial charge >= 0.3 is 5.97 Å². The summed E-state index contributed by atoms with van der Waals surface area (Å²) in [6, 6.07) is 3.79. The fourth-order valence-electron chi connectivity index (χ4n) is 1.54. The minimum absolute atomic E-state index is 0.188. The van der Waals surface area contributed by atoms with Gasteiger partial charge in [0.1, 0.15) is 11.6 Å². The molecule has 2 heterocycles. The SMILES string of the molecule is COC(=O)c1cc(Oc2cnc(N)s2)ccc1F.Nc1ncc(Br)s1. The topological polar surface area (TPSA) is 113 Å². The molecule has 0 amide bonds. The van der Waals surface area contributed by atoms with Gasteiger partial charge < -0.3 is 20.9 Å². The van der Waals surface area contributed by atoms with Crippen molar-refractivity contribution >= 4 is 54.8 Å². The number of aromatic nitrogens is 2. The summed E-state index contributed by atoms with van der Waals surface area (Å²) < 4.78 is 24.2. The van der Waals surface area contributed by atoms with E-state index in [4.69, 9.17) is 16.2 Å². The molecular formula is C14H12BrFN4O3S2. The summed E-state index contributed by atoms with van der Waals surface area (Å²) in [6.45, 7) is 0. The van der Waals surface area contributed by atoms with Gasteiger partial charge in [-0.05, 0) is 34.1 Å². The molecule has 0 fully saturated rings. The third-order valence-electron chi connectivity index (χ3n) is 2.56. The molecule has 25 heavy (non-hydrogen) atoms. The molecule has 132 valence electrons. The lowest BCUT2D eigenvalue weighted by Crippen LogP contribution is -2.04. The van der Waals surface area contributed by atoms with Crippen molar-refractivity contribution in [2.24, 2.45) is 0 Å². The number of methoxy groups -OCH3 is 1. The van der Waals surface area contributed by atoms with Crippen LogP contribution in [0.15, 0.2) is 34.4 Å². The van der Waals surface area contributed by atoms with Gasteiger partial charge in [0, 0.05) is 0 Å². The lowest BCUT2D eigenvalue weighted by molar-refractivity contribution is 0.0595. The number of thiazole rings is 2. The summed E-state index contributed by atoms with van der Waals surface area (Å²) in [7, 11) is 1.18. The van der Waals surface area contributed by atoms with Gasteiger partial charge in [0.05, 0.1) is 28.9 Å². The van der Waals surface area contributed by atoms with Crippen LogP contribution in [0.25, 0.3) is 0 Å². The average Bonchev–Trinajstić information content (AvgIpc) is 3.16. The Morgan fingerprint density at radius 2 is 1.88 bits per heavy atom. The molecule has 1 aromatic carbocycles. The summed E-state index contributed by atoms with van der Waals surface area (Å²) >= 11 is 5.78. The van der Waals surface area contributed by atoms with Crippen molar-refractivity contribution in [3.8, 4) is 10.8 Å². The van der Waals surface area contributed by atoms with Crippen LogP contribution in [0, 0.1) is 5.82 Å². The number of carbonyl (C=O) groups is 1. The van der Waals surface area contributed by atoms with Crippen LogP contribution in [-0.4, -0.2) is 23.0 Å². The number of carbonyl (C=O) groups excluding carboxylic acids is 1. The van der Waals surface area contributed by atoms with E-state index in [2.05, 4.69) is 30.6 Å². The van der Waals surface area contributed by atoms with Gasteiger partial charge in [0.15, 0.2) is 10.3 Å². The molecule has 0 unspecified atom stereocenters. The number of halogens is 2. The lowest BCUT2D eigenvalue weighted by Gasteiger charge is -2.05. The molecule has 0 bridgehead atoms. The first-order chi connectivity index (χ1) is 11.9. The van der Waals surface area contributed by atoms with Crippen molar-refractivity contribution < 1.29 is 18.7 Å². The summed E-state index contributed by atoms with van der Waals surface area (Å²) in [5, 5.41) is 1.42. The molecule has 4 N–H and O–H groups in total. The van der Waals surface area contributed by atoms with E-state index in [1.807, 2.05) is 0 Å². The van der Waals surface area contributed by atoms with E-state index in [9.17, 15) is 9.18 Å². The Morgan fingerprint density at radius 1 is 1.20 bits per heavy atom. The minimum Gasteiger partial charge on any atom is -0.465 e. The van der Waals surface area contributed by atoms with E-state index in [1.165, 1.54) is 36.8 Å². The molecular weight excluding hydrogens is 435 g/mol. The van der Waals surface area contributed by atoms with E-state index in [0.717, 1.165) is 21.2 Å². The molecule has 0 atom stereocenters. The first-order valence-electron chi connectivity index (χ1n) is 6.53. The Balaban J connectivity index is 0.000000269. The number of ether oxygens (including phenoxy) is 2. The van der Waals surface area contributed by atoms with Gasteiger partial charge in [-0.15, -0.1) is 0 Å². The summed E-state index contributed by atoms with van der Waals surface area (Å²) in [4.78, 5) is 18.9. The maximum absolute atomic E-state index is 13.4. The first-order valence-corrected chi connectivity index (χ1v) is 8.95. The smallest absolute Gasteiger partial charge is 0.340 e. The number of hydrogen-bond donors (Lipinski definition) is 2. The van der Waals surface area contributed by atoms with Gasteiger partial charge in [0.25, 0.3) is 0 Å². The Kier molecular flexibility index (Phi) is 6.67. The molecule has 0 aliphatic carbocycles. The van der Waals surface area contributed by atoms with Crippen LogP contribution in [0.2, 0.25) is 0 Å². The zero-order valence-electron chi connectivity index (χ0n) is 12.7. The van der Waals surface area contributed by atoms with Gasteiger partial charge in [0.2, 0.25) is 5.06 Å². The Hall–Kier alpha value is -2.24. The molecule has 7 nitrogen and oxygen atoms in total. The van der Waals surface area contributed by atoms with Gasteiger partial charge in [-0.25, -0.2) is 19.2 Å². The minimum atomic E-state index is -0.762. The van der Waals surface area contributed by atoms with Gasteiger partial charge in [-0.2, -0.15) is 0 Å². The highest BCUT2D eigenvalue weighted by Crippen LogP contribution is 2.29. The van der Waals surface area contributed by atoms with E-state index in [0.29, 0.717) is 21.1 Å². The molecule has 0 aliphatic heterocycles. The van der Waals surface area contributed by atoms with E-state index in [-0.39, 0.29) is 5.56 Å². The van der Waals surface area contributed by atoms with Crippen molar-refractivity contribution in [1.82, 2.24) is 9.97 Å². The van der Waals surface area contributed by atoms with Crippen molar-refractivity contribution in [1.29, 1.82) is 0 Å². The number of nitrogens with zero attached hydrogens (tertiary/aromatic N) is 2. The number of benzene rings is 1. The predicted molar refractivity (Wildman–Crippen MR) is 98.6 cm³/mol. The maximum atomic E-state index is 13.4. The third-order valence-corrected chi connectivity index (χ3v) is 4.57. The van der Waals surface area contributed by atoms with E-state index in [1.54, 1.807) is 6.20 Å². The third kappa shape index (κ3) is 5.66. The number of nitrogens with two attached hydrogens (primary N) is 2. The van der Waals surface area contributed by atoms with Crippen molar-refractivity contribution in [3.63, 3.8) is 0 Å². The molecule has 0 saturated carbocycles. The van der Waals surface area contributed by atoms with Crippen LogP contribution in [0.5, 0.6) is 10.8 Å². The van der Waals surface area contributed by atoms with Crippen LogP contribution >= 0.6 is 38.6 Å². The normalized spacial score (nSPS) is 9.88. The second kappa shape index (κ2) is 8.74. The molecule has 0 aliphatic rings. The predicted octanol–water partition coefficient (Wildman–Crippen LogP) is 3.93. The average molecular weight is 447 g/mol. The van der Waals surface area contributed by atoms with Crippen molar-refractivity contribution in [2.75, 3.05) is 18.6 Å². The lowest BCUT2D eigenvalue weighted by atomic mass is 10.2. The van der Waals surface area contributed by atoms with Gasteiger partial charge in [-0.3, -0.25) is 0 Å². The van der Waals surface area contributed by atoms with Crippen molar-refractivity contribution in [2.45, 2.75) is 0 Å². The van der Waals surface area contributed by atoms with Crippen LogP contribution in [0.1, 0.15) is 10.4 Å². The highest BCUT2D eigenvalue weighted by molar-refractivity contribution is 9.11. The fraction of sp³-hybridized carbons (Fsp3) is 0.0714. The quantitative estimate of drug-likeness (QED) is 0.585. The molecule has 3 rings (SSSR count). The number of hydrogen-bond acceptors (Lipinski definition) is 9. The second-order valence-electron chi connectivity index (χ2n) is 4.26. The Morgan fingerprint density at radius 3 is 2.36 bits per heavy atom. The summed E-state index contributed by atoms with van der Waals surface area (Å²) in [5.74, 6) is -1.12. The molecule has 2 aromatic heterocycles. The Bertz CT molecular complexity index is 855. The largest absolute Gasteiger partial charge is 0.465 e. The number of nitrogen functional groups attached to an aromatic ring is 2. The fourth-order valence-corrected chi connectivity index (χ4v) is 3.10. The zero-order chi connectivity index (χ0) is 18.4. The van der Waals surface area contributed by atoms with Gasteiger partial charge in [-0.1, -0.05) is 22.7 Å². The monoisotopic (exact) mass is 446 g/mol. The molecule has 11 heteroatoms. The summed E-state index contributed by atoms with van der Waals surface area (Å²) in [6.07, 6.45) is 3.13. The van der Waals surface area contributed by atoms with E-state index >= 15 is 0 Å². The van der Waals surface area contributed by atoms with Crippen LogP contribution < -0.4 is 16.2 Å². The highest BCUT2D eigenvalue weighted by atomic mass is 79.9. The number of anilines is 2. The molecule has 0 radical (unpaired) electrons. The zero-order valence-corrected chi connectivity index (χ0v) is 16.0. The van der Waals surface area contributed by atoms with Crippen molar-refractivity contribution in [3.05, 3.63) is 45.8 Å². The second-order valence-corrected chi connectivity index (χ2v) is 7.72. The van der Waals surface area contributed by atoms with E-state index < -0.39 is 11.8 Å². The maximum Gasteiger partial charge on any atom is 0.340 e. The Labute approximate surface area is 158 Å². The van der Waals surface area contributed by atoms with Crippen LogP contribution in [0.3, 0.4) is 0 Å². The highest BCUT2D eigenvalue weighted by Gasteiger charge is 2.14. The standard InChI is InChI=1S/C11H9FN2O3S.C3H3BrN2S/c1-16-10(15)7-4-6(2-3-8(7)12)17-9-5-14-11(13)18-9;4-2-1-6-3(5)7-2/h2-5H,1H3,(H2,13,14);1H,(H2,5,6). The number of esters is 1. The number of rotatable bonds is 3. The molecule has 0 spiro atoms. The summed E-state index contributed by atoms with van der Waals surface area (Å²) in [5.41, 5.74) is 10.5. The first kappa shape index (κ1) is 19.1. The molecule has 0 saturated heterocycles. The van der Waals surface area contributed by atoms with Crippen LogP contribution in [-0.2, 0) is 4.74 Å².